The minimum Gasteiger partial charge on any atom is -0.371 e. The van der Waals surface area contributed by atoms with Gasteiger partial charge in [-0.25, -0.2) is 8.42 Å². The Hall–Kier alpha value is -1.49. The second-order valence-corrected chi connectivity index (χ2v) is 6.49. The first-order valence-corrected chi connectivity index (χ1v) is 7.67. The molecule has 3 rings (SSSR count). The molecule has 0 aromatic heterocycles. The first-order valence-electron chi connectivity index (χ1n) is 6.23. The number of hydrogen-bond donors (Lipinski definition) is 1. The molecule has 0 fully saturated rings. The van der Waals surface area contributed by atoms with Gasteiger partial charge in [0, 0.05) is 13.1 Å². The van der Waals surface area contributed by atoms with E-state index in [9.17, 15) is 8.42 Å². The summed E-state index contributed by atoms with van der Waals surface area (Å²) in [6.45, 7) is 1.43. The number of benzene rings is 1. The van der Waals surface area contributed by atoms with Gasteiger partial charge in [0.05, 0.1) is 4.90 Å². The van der Waals surface area contributed by atoms with Gasteiger partial charge in [0.1, 0.15) is 5.82 Å². The van der Waals surface area contributed by atoms with Crippen molar-refractivity contribution in [2.45, 2.75) is 24.2 Å². The maximum absolute atomic E-state index is 12.5. The van der Waals surface area contributed by atoms with E-state index in [-0.39, 0.29) is 0 Å². The molecular formula is C13H16N2O2S. The molecule has 0 saturated carbocycles. The van der Waals surface area contributed by atoms with Gasteiger partial charge in [-0.05, 0) is 37.0 Å². The number of sulfonamides is 1. The molecule has 0 aliphatic carbocycles. The molecular weight excluding hydrogens is 248 g/mol. The van der Waals surface area contributed by atoms with Gasteiger partial charge < -0.3 is 5.32 Å². The van der Waals surface area contributed by atoms with Crippen LogP contribution in [0.5, 0.6) is 0 Å². The zero-order valence-electron chi connectivity index (χ0n) is 10.1. The fraction of sp³-hybridized carbons (Fsp3) is 0.385. The lowest BCUT2D eigenvalue weighted by Gasteiger charge is -2.25. The van der Waals surface area contributed by atoms with Crippen molar-refractivity contribution in [3.63, 3.8) is 0 Å². The Labute approximate surface area is 107 Å². The molecule has 96 valence electrons. The predicted molar refractivity (Wildman–Crippen MR) is 69.2 cm³/mol. The molecule has 1 N–H and O–H groups in total. The third kappa shape index (κ3) is 1.79. The van der Waals surface area contributed by atoms with E-state index >= 15 is 0 Å². The number of rotatable bonds is 2. The normalized spacial score (nSPS) is 19.7. The van der Waals surface area contributed by atoms with Crippen molar-refractivity contribution in [2.75, 3.05) is 13.1 Å². The Morgan fingerprint density at radius 3 is 2.67 bits per heavy atom. The van der Waals surface area contributed by atoms with Gasteiger partial charge in [-0.1, -0.05) is 18.2 Å². The van der Waals surface area contributed by atoms with Crippen LogP contribution in [-0.4, -0.2) is 25.8 Å². The highest BCUT2D eigenvalue weighted by molar-refractivity contribution is 7.89. The van der Waals surface area contributed by atoms with E-state index in [0.29, 0.717) is 11.4 Å². The van der Waals surface area contributed by atoms with Crippen LogP contribution in [0, 0.1) is 0 Å². The summed E-state index contributed by atoms with van der Waals surface area (Å²) < 4.78 is 26.6. The van der Waals surface area contributed by atoms with Gasteiger partial charge in [-0.2, -0.15) is 0 Å². The number of hydrogen-bond acceptors (Lipinski definition) is 3. The Balaban J connectivity index is 1.99. The first-order chi connectivity index (χ1) is 8.69. The van der Waals surface area contributed by atoms with Crippen molar-refractivity contribution in [1.82, 2.24) is 9.62 Å². The van der Waals surface area contributed by atoms with Crippen molar-refractivity contribution in [3.05, 3.63) is 41.7 Å². The van der Waals surface area contributed by atoms with Crippen LogP contribution in [0.4, 0.5) is 0 Å². The Morgan fingerprint density at radius 2 is 1.89 bits per heavy atom. The monoisotopic (exact) mass is 264 g/mol. The standard InChI is InChI=1S/C13H16N2O2S/c16-18(17,12-6-2-1-3-7-12)15-10-8-11-5-4-9-14-13(11)15/h1-3,6-7,14H,4-5,8-10H2. The molecule has 1 aromatic carbocycles. The van der Waals surface area contributed by atoms with E-state index in [0.717, 1.165) is 31.6 Å². The lowest BCUT2D eigenvalue weighted by molar-refractivity contribution is 0.471. The van der Waals surface area contributed by atoms with Gasteiger partial charge in [-0.3, -0.25) is 4.31 Å². The highest BCUT2D eigenvalue weighted by Crippen LogP contribution is 2.32. The van der Waals surface area contributed by atoms with Gasteiger partial charge in [0.25, 0.3) is 10.0 Å². The molecule has 5 heteroatoms. The number of nitrogens with one attached hydrogen (secondary N) is 1. The van der Waals surface area contributed by atoms with Crippen LogP contribution in [0.15, 0.2) is 46.6 Å². The lowest BCUT2D eigenvalue weighted by atomic mass is 10.1. The summed E-state index contributed by atoms with van der Waals surface area (Å²) in [5.41, 5.74) is 1.25. The van der Waals surface area contributed by atoms with Gasteiger partial charge in [0.15, 0.2) is 0 Å². The highest BCUT2D eigenvalue weighted by atomic mass is 32.2. The minimum atomic E-state index is -3.40. The molecule has 2 aliphatic heterocycles. The second kappa shape index (κ2) is 4.31. The third-order valence-electron chi connectivity index (χ3n) is 3.48. The lowest BCUT2D eigenvalue weighted by Crippen LogP contribution is -2.35. The minimum absolute atomic E-state index is 0.367. The Morgan fingerprint density at radius 1 is 1.11 bits per heavy atom. The largest absolute Gasteiger partial charge is 0.371 e. The molecule has 0 saturated heterocycles. The zero-order chi connectivity index (χ0) is 12.6. The molecule has 2 aliphatic rings. The quantitative estimate of drug-likeness (QED) is 0.884. The van der Waals surface area contributed by atoms with Crippen LogP contribution in [-0.2, 0) is 10.0 Å². The smallest absolute Gasteiger partial charge is 0.265 e. The fourth-order valence-electron chi connectivity index (χ4n) is 2.57. The maximum atomic E-state index is 12.5. The molecule has 0 unspecified atom stereocenters. The van der Waals surface area contributed by atoms with Crippen LogP contribution >= 0.6 is 0 Å². The first kappa shape index (κ1) is 11.6. The molecule has 0 bridgehead atoms. The van der Waals surface area contributed by atoms with Crippen molar-refractivity contribution in [1.29, 1.82) is 0 Å². The van der Waals surface area contributed by atoms with Crippen molar-refractivity contribution >= 4 is 10.0 Å². The topological polar surface area (TPSA) is 49.4 Å². The van der Waals surface area contributed by atoms with Gasteiger partial charge in [-0.15, -0.1) is 0 Å². The molecule has 0 radical (unpaired) electrons. The Kier molecular flexibility index (Phi) is 2.78. The maximum Gasteiger partial charge on any atom is 0.265 e. The third-order valence-corrected chi connectivity index (χ3v) is 5.29. The van der Waals surface area contributed by atoms with Crippen molar-refractivity contribution < 1.29 is 8.42 Å². The van der Waals surface area contributed by atoms with E-state index in [2.05, 4.69) is 5.32 Å². The van der Waals surface area contributed by atoms with Crippen LogP contribution in [0.1, 0.15) is 19.3 Å². The van der Waals surface area contributed by atoms with Crippen LogP contribution in [0.3, 0.4) is 0 Å². The molecule has 0 spiro atoms. The average molecular weight is 264 g/mol. The molecule has 0 atom stereocenters. The van der Waals surface area contributed by atoms with E-state index in [1.54, 1.807) is 24.3 Å². The van der Waals surface area contributed by atoms with Crippen molar-refractivity contribution in [3.8, 4) is 0 Å². The van der Waals surface area contributed by atoms with Crippen LogP contribution < -0.4 is 5.32 Å². The van der Waals surface area contributed by atoms with E-state index in [1.807, 2.05) is 6.07 Å². The number of nitrogens with zero attached hydrogens (tertiary/aromatic N) is 1. The molecule has 2 heterocycles. The molecule has 18 heavy (non-hydrogen) atoms. The Bertz CT molecular complexity index is 578. The van der Waals surface area contributed by atoms with Crippen LogP contribution in [0.25, 0.3) is 0 Å². The summed E-state index contributed by atoms with van der Waals surface area (Å²) in [4.78, 5) is 0.367. The summed E-state index contributed by atoms with van der Waals surface area (Å²) >= 11 is 0. The summed E-state index contributed by atoms with van der Waals surface area (Å²) in [6, 6.07) is 8.64. The molecule has 1 aromatic rings. The molecule has 4 nitrogen and oxygen atoms in total. The average Bonchev–Trinajstić information content (AvgIpc) is 2.84. The van der Waals surface area contributed by atoms with Gasteiger partial charge >= 0.3 is 0 Å². The summed E-state index contributed by atoms with van der Waals surface area (Å²) in [5.74, 6) is 0.824. The summed E-state index contributed by atoms with van der Waals surface area (Å²) in [6.07, 6.45) is 2.97. The van der Waals surface area contributed by atoms with E-state index in [1.165, 1.54) is 9.88 Å². The van der Waals surface area contributed by atoms with Crippen LogP contribution in [0.2, 0.25) is 0 Å². The summed E-state index contributed by atoms with van der Waals surface area (Å²) in [5, 5.41) is 3.23. The van der Waals surface area contributed by atoms with Crippen molar-refractivity contribution in [2.24, 2.45) is 0 Å². The zero-order valence-corrected chi connectivity index (χ0v) is 10.9. The van der Waals surface area contributed by atoms with Gasteiger partial charge in [0.2, 0.25) is 0 Å². The fourth-order valence-corrected chi connectivity index (χ4v) is 4.09. The van der Waals surface area contributed by atoms with E-state index < -0.39 is 10.0 Å². The second-order valence-electron chi connectivity index (χ2n) is 4.62. The summed E-state index contributed by atoms with van der Waals surface area (Å²) in [7, 11) is -3.40. The predicted octanol–water partition coefficient (Wildman–Crippen LogP) is 1.68. The molecule has 0 amide bonds. The highest BCUT2D eigenvalue weighted by Gasteiger charge is 2.33. The SMILES string of the molecule is O=S(=O)(c1ccccc1)N1CCC2=C1NCCC2. The van der Waals surface area contributed by atoms with E-state index in [4.69, 9.17) is 0 Å².